The molecule has 188 valence electrons. The molecule has 0 atom stereocenters. The average molecular weight is 759 g/mol. The normalized spacial score (nSPS) is 11.7. The first-order chi connectivity index (χ1) is 17.6. The lowest BCUT2D eigenvalue weighted by Gasteiger charge is -2.09. The number of benzene rings is 4. The number of hydrogen-bond donors (Lipinski definition) is 0. The Hall–Kier alpha value is -0.870. The van der Waals surface area contributed by atoms with E-state index < -0.39 is 0 Å². The summed E-state index contributed by atoms with van der Waals surface area (Å²) in [7, 11) is 0. The van der Waals surface area contributed by atoms with Gasteiger partial charge in [-0.3, -0.25) is 0 Å². The van der Waals surface area contributed by atoms with Crippen LogP contribution >= 0.6 is 113 Å². The summed E-state index contributed by atoms with van der Waals surface area (Å²) in [6, 6.07) is 17.1. The Bertz CT molecular complexity index is 1450. The van der Waals surface area contributed by atoms with Crippen LogP contribution in [0, 0.1) is 0 Å². The first kappa shape index (κ1) is 29.1. The highest BCUT2D eigenvalue weighted by Gasteiger charge is 2.12. The summed E-state index contributed by atoms with van der Waals surface area (Å²) < 4.78 is 1.32. The maximum atomic E-state index is 6.29. The molecule has 37 heavy (non-hydrogen) atoms. The van der Waals surface area contributed by atoms with Gasteiger partial charge >= 0.3 is 0 Å². The molecule has 4 aromatic carbocycles. The van der Waals surface area contributed by atoms with Gasteiger partial charge in [0.1, 0.15) is 22.7 Å². The van der Waals surface area contributed by atoms with Gasteiger partial charge in [-0.25, -0.2) is 0 Å². The zero-order chi connectivity index (χ0) is 26.7. The second-order valence-corrected chi connectivity index (χ2v) is 12.5. The molecule has 0 spiro atoms. The van der Waals surface area contributed by atoms with Crippen LogP contribution in [-0.2, 0) is 0 Å². The fourth-order valence-corrected chi connectivity index (χ4v) is 5.74. The van der Waals surface area contributed by atoms with Crippen LogP contribution in [0.5, 0.6) is 0 Å². The fourth-order valence-electron chi connectivity index (χ4n) is 2.82. The minimum Gasteiger partial charge on any atom is -0.149 e. The van der Waals surface area contributed by atoms with Gasteiger partial charge in [-0.05, 0) is 92.5 Å². The summed E-state index contributed by atoms with van der Waals surface area (Å²) in [4.78, 5) is 1.52. The van der Waals surface area contributed by atoms with Crippen molar-refractivity contribution in [3.8, 4) is 0 Å². The van der Waals surface area contributed by atoms with Crippen LogP contribution in [-0.4, -0.2) is 0 Å². The van der Waals surface area contributed by atoms with Gasteiger partial charge in [0.2, 0.25) is 0 Å². The lowest BCUT2D eigenvalue weighted by molar-refractivity contribution is 1.18. The lowest BCUT2D eigenvalue weighted by atomic mass is 10.3. The lowest BCUT2D eigenvalue weighted by Crippen LogP contribution is -1.79. The third kappa shape index (κ3) is 7.62. The molecule has 0 bridgehead atoms. The van der Waals surface area contributed by atoms with Gasteiger partial charge in [-0.1, -0.05) is 81.4 Å². The van der Waals surface area contributed by atoms with E-state index in [0.29, 0.717) is 61.8 Å². The number of azo groups is 2. The molecule has 0 aromatic heterocycles. The minimum atomic E-state index is 0.392. The van der Waals surface area contributed by atoms with Crippen LogP contribution in [0.15, 0.2) is 99.9 Å². The van der Waals surface area contributed by atoms with E-state index in [2.05, 4.69) is 52.3 Å². The average Bonchev–Trinajstić information content (AvgIpc) is 2.84. The minimum absolute atomic E-state index is 0.392. The quantitative estimate of drug-likeness (QED) is 0.143. The van der Waals surface area contributed by atoms with E-state index in [1.807, 2.05) is 12.1 Å². The Kier molecular flexibility index (Phi) is 10.2. The molecule has 0 radical (unpaired) electrons. The highest BCUT2D eigenvalue weighted by atomic mass is 79.9. The van der Waals surface area contributed by atoms with Crippen molar-refractivity contribution in [1.29, 1.82) is 0 Å². The van der Waals surface area contributed by atoms with Crippen molar-refractivity contribution in [3.05, 3.63) is 99.7 Å². The zero-order valence-electron chi connectivity index (χ0n) is 18.0. The SMILES string of the molecule is Clc1ccc(Sc2ccc(Cl)cc2N=Nc2cc(Cl)c(Br)cc2Cl)c(N=Nc2cc(Cl)c(Br)cc2Cl)c1. The van der Waals surface area contributed by atoms with Gasteiger partial charge in [0.25, 0.3) is 0 Å². The van der Waals surface area contributed by atoms with Crippen molar-refractivity contribution < 1.29 is 0 Å². The van der Waals surface area contributed by atoms with Gasteiger partial charge in [-0.2, -0.15) is 0 Å². The molecule has 4 aromatic rings. The second kappa shape index (κ2) is 13.0. The Labute approximate surface area is 263 Å². The van der Waals surface area contributed by atoms with Crippen LogP contribution in [0.25, 0.3) is 0 Å². The number of hydrogen-bond acceptors (Lipinski definition) is 5. The first-order valence-electron chi connectivity index (χ1n) is 10.0. The first-order valence-corrected chi connectivity index (χ1v) is 14.7. The van der Waals surface area contributed by atoms with Crippen molar-refractivity contribution in [2.24, 2.45) is 20.5 Å². The fraction of sp³-hybridized carbons (Fsp3) is 0. The summed E-state index contributed by atoms with van der Waals surface area (Å²) in [5, 5.41) is 20.0. The van der Waals surface area contributed by atoms with Gasteiger partial charge < -0.3 is 0 Å². The maximum absolute atomic E-state index is 6.29. The van der Waals surface area contributed by atoms with Gasteiger partial charge in [0.05, 0.1) is 20.1 Å². The van der Waals surface area contributed by atoms with Crippen LogP contribution in [0.4, 0.5) is 22.7 Å². The van der Waals surface area contributed by atoms with Crippen LogP contribution < -0.4 is 0 Å². The third-order valence-corrected chi connectivity index (χ3v) is 9.17. The standard InChI is InChI=1S/C24H10Br2Cl6N4S/c25-13-7-17(31)19(9-15(13)29)33-35-21-5-11(27)1-3-23(21)37-24-4-2-12(28)6-22(24)36-34-20-10-16(30)14(26)8-18(20)32/h1-10H. The zero-order valence-corrected chi connectivity index (χ0v) is 26.5. The molecule has 0 N–H and O–H groups in total. The van der Waals surface area contributed by atoms with E-state index in [4.69, 9.17) is 69.6 Å². The molecule has 0 amide bonds. The van der Waals surface area contributed by atoms with Crippen molar-refractivity contribution >= 4 is 136 Å². The topological polar surface area (TPSA) is 49.4 Å². The van der Waals surface area contributed by atoms with Gasteiger partial charge in [0.15, 0.2) is 0 Å². The molecule has 0 aliphatic carbocycles. The predicted octanol–water partition coefficient (Wildman–Crippen LogP) is 14.1. The molecule has 0 saturated carbocycles. The highest BCUT2D eigenvalue weighted by molar-refractivity contribution is 9.10. The Morgan fingerprint density at radius 3 is 1.24 bits per heavy atom. The monoisotopic (exact) mass is 754 g/mol. The molecular formula is C24H10Br2Cl6N4S. The highest BCUT2D eigenvalue weighted by Crippen LogP contribution is 2.44. The molecule has 0 fully saturated rings. The van der Waals surface area contributed by atoms with Crippen LogP contribution in [0.3, 0.4) is 0 Å². The Morgan fingerprint density at radius 1 is 0.459 bits per heavy atom. The van der Waals surface area contributed by atoms with E-state index in [-0.39, 0.29) is 0 Å². The van der Waals surface area contributed by atoms with E-state index in [9.17, 15) is 0 Å². The van der Waals surface area contributed by atoms with E-state index in [0.717, 1.165) is 9.79 Å². The second-order valence-electron chi connectivity index (χ2n) is 7.16. The van der Waals surface area contributed by atoms with Crippen molar-refractivity contribution in [1.82, 2.24) is 0 Å². The molecule has 0 unspecified atom stereocenters. The molecule has 0 heterocycles. The third-order valence-electron chi connectivity index (χ3n) is 4.57. The van der Waals surface area contributed by atoms with Crippen molar-refractivity contribution in [2.75, 3.05) is 0 Å². The van der Waals surface area contributed by atoms with Crippen LogP contribution in [0.1, 0.15) is 0 Å². The summed E-state index contributed by atoms with van der Waals surface area (Å²) in [6.07, 6.45) is 0. The predicted molar refractivity (Wildman–Crippen MR) is 164 cm³/mol. The molecule has 0 aliphatic rings. The van der Waals surface area contributed by atoms with Gasteiger partial charge in [0, 0.05) is 28.8 Å². The van der Waals surface area contributed by atoms with Crippen molar-refractivity contribution in [2.45, 2.75) is 9.79 Å². The van der Waals surface area contributed by atoms with E-state index >= 15 is 0 Å². The summed E-state index contributed by atoms with van der Waals surface area (Å²) in [5.41, 5.74) is 1.87. The Morgan fingerprint density at radius 2 is 0.838 bits per heavy atom. The summed E-state index contributed by atoms with van der Waals surface area (Å²) in [6.45, 7) is 0. The molecule has 0 aliphatic heterocycles. The van der Waals surface area contributed by atoms with E-state index in [1.54, 1.807) is 48.5 Å². The van der Waals surface area contributed by atoms with Crippen molar-refractivity contribution in [3.63, 3.8) is 0 Å². The summed E-state index contributed by atoms with van der Waals surface area (Å²) >= 11 is 45.5. The molecule has 13 heteroatoms. The molecule has 4 nitrogen and oxygen atoms in total. The summed E-state index contributed by atoms with van der Waals surface area (Å²) in [5.74, 6) is 0. The molecule has 0 saturated heterocycles. The smallest absolute Gasteiger partial charge is 0.106 e. The Balaban J connectivity index is 1.68. The molecule has 4 rings (SSSR count). The number of rotatable bonds is 6. The molecular weight excluding hydrogens is 749 g/mol. The van der Waals surface area contributed by atoms with Crippen LogP contribution in [0.2, 0.25) is 30.1 Å². The number of nitrogens with zero attached hydrogens (tertiary/aromatic N) is 4. The number of halogens is 8. The van der Waals surface area contributed by atoms with Gasteiger partial charge in [-0.15, -0.1) is 20.5 Å². The maximum Gasteiger partial charge on any atom is 0.106 e. The largest absolute Gasteiger partial charge is 0.149 e. The van der Waals surface area contributed by atoms with E-state index in [1.165, 1.54) is 11.8 Å².